The second kappa shape index (κ2) is 5.22. The monoisotopic (exact) mass is 394 g/mol. The number of hydrogen-bond donors (Lipinski definition) is 2. The summed E-state index contributed by atoms with van der Waals surface area (Å²) in [4.78, 5) is 12.1. The second-order valence-electron chi connectivity index (χ2n) is 4.76. The largest absolute Gasteiger partial charge is 0.370 e. The number of fused-ring (bicyclic) bond motifs is 1. The Morgan fingerprint density at radius 3 is 2.55 bits per heavy atom. The Bertz CT molecular complexity index is 700. The van der Waals surface area contributed by atoms with Gasteiger partial charge in [0.15, 0.2) is 0 Å². The number of amides is 1. The molecule has 0 saturated carbocycles. The molecule has 102 valence electrons. The summed E-state index contributed by atoms with van der Waals surface area (Å²) < 4.78 is 1.98. The highest BCUT2D eigenvalue weighted by molar-refractivity contribution is 9.10. The van der Waals surface area contributed by atoms with E-state index in [1.54, 1.807) is 0 Å². The van der Waals surface area contributed by atoms with Crippen LogP contribution in [0.4, 0.5) is 11.4 Å². The summed E-state index contributed by atoms with van der Waals surface area (Å²) in [5, 5.41) is 6.21. The highest BCUT2D eigenvalue weighted by Gasteiger charge is 2.30. The summed E-state index contributed by atoms with van der Waals surface area (Å²) >= 11 is 6.86. The van der Waals surface area contributed by atoms with Gasteiger partial charge in [-0.3, -0.25) is 4.79 Å². The number of halogens is 2. The molecule has 1 atom stereocenters. The van der Waals surface area contributed by atoms with Crippen molar-refractivity contribution in [1.29, 1.82) is 0 Å². The summed E-state index contributed by atoms with van der Waals surface area (Å²) in [5.74, 6) is -0.0274. The number of nitrogens with one attached hydrogen (secondary N) is 2. The lowest BCUT2D eigenvalue weighted by Crippen LogP contribution is -2.20. The van der Waals surface area contributed by atoms with Gasteiger partial charge in [-0.2, -0.15) is 0 Å². The lowest BCUT2D eigenvalue weighted by atomic mass is 10.1. The van der Waals surface area contributed by atoms with Crippen molar-refractivity contribution in [3.63, 3.8) is 0 Å². The van der Waals surface area contributed by atoms with Gasteiger partial charge >= 0.3 is 0 Å². The van der Waals surface area contributed by atoms with Gasteiger partial charge in [0.1, 0.15) is 6.04 Å². The van der Waals surface area contributed by atoms with Gasteiger partial charge in [0, 0.05) is 25.9 Å². The third kappa shape index (κ3) is 2.47. The van der Waals surface area contributed by atoms with Crippen LogP contribution in [-0.4, -0.2) is 5.91 Å². The van der Waals surface area contributed by atoms with E-state index in [2.05, 4.69) is 42.5 Å². The second-order valence-corrected chi connectivity index (χ2v) is 6.59. The SMILES string of the molecule is Cc1cc(Br)ccc1NC1C(=O)Nc2cc(Br)ccc21. The highest BCUT2D eigenvalue weighted by atomic mass is 79.9. The topological polar surface area (TPSA) is 41.1 Å². The van der Waals surface area contributed by atoms with E-state index in [1.165, 1.54) is 0 Å². The first kappa shape index (κ1) is 13.6. The molecular weight excluding hydrogens is 384 g/mol. The van der Waals surface area contributed by atoms with Gasteiger partial charge < -0.3 is 10.6 Å². The molecule has 1 aliphatic heterocycles. The van der Waals surface area contributed by atoms with Crippen LogP contribution in [0.3, 0.4) is 0 Å². The van der Waals surface area contributed by atoms with Crippen molar-refractivity contribution >= 4 is 49.1 Å². The molecule has 0 aliphatic carbocycles. The minimum absolute atomic E-state index is 0.0274. The molecule has 0 saturated heterocycles. The fraction of sp³-hybridized carbons (Fsp3) is 0.133. The van der Waals surface area contributed by atoms with Crippen LogP contribution in [-0.2, 0) is 4.79 Å². The predicted molar refractivity (Wildman–Crippen MR) is 88.0 cm³/mol. The zero-order valence-corrected chi connectivity index (χ0v) is 13.9. The maximum atomic E-state index is 12.1. The molecule has 0 fully saturated rings. The summed E-state index contributed by atoms with van der Waals surface area (Å²) in [5.41, 5.74) is 3.89. The van der Waals surface area contributed by atoms with Crippen LogP contribution in [0.2, 0.25) is 0 Å². The van der Waals surface area contributed by atoms with Gasteiger partial charge in [-0.05, 0) is 42.8 Å². The third-order valence-corrected chi connectivity index (χ3v) is 4.32. The van der Waals surface area contributed by atoms with E-state index in [0.717, 1.165) is 31.4 Å². The van der Waals surface area contributed by atoms with Gasteiger partial charge in [0.05, 0.1) is 0 Å². The van der Waals surface area contributed by atoms with Crippen molar-refractivity contribution in [3.05, 3.63) is 56.5 Å². The average Bonchev–Trinajstić information content (AvgIpc) is 2.68. The molecule has 1 heterocycles. The van der Waals surface area contributed by atoms with E-state index >= 15 is 0 Å². The number of rotatable bonds is 2. The molecule has 3 rings (SSSR count). The van der Waals surface area contributed by atoms with Gasteiger partial charge in [-0.25, -0.2) is 0 Å². The molecule has 0 aromatic heterocycles. The van der Waals surface area contributed by atoms with E-state index in [1.807, 2.05) is 43.3 Å². The first-order valence-corrected chi connectivity index (χ1v) is 7.76. The summed E-state index contributed by atoms with van der Waals surface area (Å²) in [6.07, 6.45) is 0. The van der Waals surface area contributed by atoms with Crippen LogP contribution < -0.4 is 10.6 Å². The molecule has 1 aliphatic rings. The number of carbonyl (C=O) groups is 1. The van der Waals surface area contributed by atoms with Crippen molar-refractivity contribution in [2.75, 3.05) is 10.6 Å². The van der Waals surface area contributed by atoms with E-state index in [9.17, 15) is 4.79 Å². The molecular formula is C15H12Br2N2O. The molecule has 2 N–H and O–H groups in total. The van der Waals surface area contributed by atoms with Gasteiger partial charge in [0.2, 0.25) is 0 Å². The van der Waals surface area contributed by atoms with Crippen LogP contribution in [0, 0.1) is 6.92 Å². The smallest absolute Gasteiger partial charge is 0.251 e. The number of hydrogen-bond acceptors (Lipinski definition) is 2. The quantitative estimate of drug-likeness (QED) is 0.778. The molecule has 0 bridgehead atoms. The Hall–Kier alpha value is -1.33. The van der Waals surface area contributed by atoms with Crippen LogP contribution >= 0.6 is 31.9 Å². The van der Waals surface area contributed by atoms with Crippen molar-refractivity contribution in [2.45, 2.75) is 13.0 Å². The molecule has 20 heavy (non-hydrogen) atoms. The molecule has 5 heteroatoms. The summed E-state index contributed by atoms with van der Waals surface area (Å²) in [6, 6.07) is 11.4. The number of carbonyl (C=O) groups excluding carboxylic acids is 1. The Balaban J connectivity index is 1.94. The van der Waals surface area contributed by atoms with Gasteiger partial charge in [-0.1, -0.05) is 37.9 Å². The molecule has 1 amide bonds. The van der Waals surface area contributed by atoms with Crippen molar-refractivity contribution in [1.82, 2.24) is 0 Å². The number of aryl methyl sites for hydroxylation is 1. The van der Waals surface area contributed by atoms with Crippen LogP contribution in [0.25, 0.3) is 0 Å². The molecule has 2 aromatic rings. The number of benzene rings is 2. The fourth-order valence-corrected chi connectivity index (χ4v) is 3.16. The molecule has 0 radical (unpaired) electrons. The third-order valence-electron chi connectivity index (χ3n) is 3.33. The van der Waals surface area contributed by atoms with Crippen molar-refractivity contribution in [3.8, 4) is 0 Å². The molecule has 0 spiro atoms. The maximum absolute atomic E-state index is 12.1. The van der Waals surface area contributed by atoms with Crippen LogP contribution in [0.5, 0.6) is 0 Å². The lowest BCUT2D eigenvalue weighted by molar-refractivity contribution is -0.116. The Morgan fingerprint density at radius 1 is 1.10 bits per heavy atom. The normalized spacial score (nSPS) is 16.8. The summed E-state index contributed by atoms with van der Waals surface area (Å²) in [6.45, 7) is 2.02. The number of anilines is 2. The fourth-order valence-electron chi connectivity index (χ4n) is 2.32. The average molecular weight is 396 g/mol. The van der Waals surface area contributed by atoms with Gasteiger partial charge in [-0.15, -0.1) is 0 Å². The Labute approximate surface area is 134 Å². The Kier molecular flexibility index (Phi) is 3.56. The first-order chi connectivity index (χ1) is 9.54. The van der Waals surface area contributed by atoms with E-state index in [4.69, 9.17) is 0 Å². The minimum atomic E-state index is -0.349. The van der Waals surface area contributed by atoms with Crippen molar-refractivity contribution < 1.29 is 4.79 Å². The minimum Gasteiger partial charge on any atom is -0.370 e. The van der Waals surface area contributed by atoms with Crippen LogP contribution in [0.1, 0.15) is 17.2 Å². The maximum Gasteiger partial charge on any atom is 0.251 e. The predicted octanol–water partition coefficient (Wildman–Crippen LogP) is 4.63. The van der Waals surface area contributed by atoms with Crippen molar-refractivity contribution in [2.24, 2.45) is 0 Å². The van der Waals surface area contributed by atoms with E-state index in [0.29, 0.717) is 0 Å². The van der Waals surface area contributed by atoms with Crippen LogP contribution in [0.15, 0.2) is 45.3 Å². The van der Waals surface area contributed by atoms with Gasteiger partial charge in [0.25, 0.3) is 5.91 Å². The standard InChI is InChI=1S/C15H12Br2N2O/c1-8-6-9(16)3-5-12(8)18-14-11-4-2-10(17)7-13(11)19-15(14)20/h2-7,14,18H,1H3,(H,19,20). The molecule has 1 unspecified atom stereocenters. The Morgan fingerprint density at radius 2 is 1.80 bits per heavy atom. The summed E-state index contributed by atoms with van der Waals surface area (Å²) in [7, 11) is 0. The lowest BCUT2D eigenvalue weighted by Gasteiger charge is -2.15. The van der Waals surface area contributed by atoms with E-state index in [-0.39, 0.29) is 11.9 Å². The molecule has 3 nitrogen and oxygen atoms in total. The van der Waals surface area contributed by atoms with E-state index < -0.39 is 0 Å². The highest BCUT2D eigenvalue weighted by Crippen LogP contribution is 2.35. The zero-order chi connectivity index (χ0) is 14.3. The molecule has 2 aromatic carbocycles. The first-order valence-electron chi connectivity index (χ1n) is 6.17. The zero-order valence-electron chi connectivity index (χ0n) is 10.7.